The third-order valence-corrected chi connectivity index (χ3v) is 2.98. The number of nitrogens with zero attached hydrogens (tertiary/aromatic N) is 2. The van der Waals surface area contributed by atoms with Gasteiger partial charge in [-0.3, -0.25) is 4.79 Å². The van der Waals surface area contributed by atoms with Gasteiger partial charge in [0.1, 0.15) is 0 Å². The van der Waals surface area contributed by atoms with E-state index in [9.17, 15) is 4.79 Å². The van der Waals surface area contributed by atoms with Crippen molar-refractivity contribution < 1.29 is 9.53 Å². The number of rotatable bonds is 3. The number of carbonyl (C=O) groups excluding carboxylic acids is 1. The van der Waals surface area contributed by atoms with Gasteiger partial charge in [-0.05, 0) is 31.3 Å². The Morgan fingerprint density at radius 2 is 2.67 bits per heavy atom. The summed E-state index contributed by atoms with van der Waals surface area (Å²) < 4.78 is 9.13. The molecule has 2 atom stereocenters. The molecule has 0 aromatic carbocycles. The molecular formula is C9H13N3O2S. The fourth-order valence-corrected chi connectivity index (χ4v) is 2.07. The van der Waals surface area contributed by atoms with Crippen molar-refractivity contribution in [1.82, 2.24) is 14.9 Å². The maximum atomic E-state index is 11.6. The summed E-state index contributed by atoms with van der Waals surface area (Å²) in [5, 5.41) is 8.21. The summed E-state index contributed by atoms with van der Waals surface area (Å²) in [6.45, 7) is 2.75. The van der Waals surface area contributed by atoms with E-state index >= 15 is 0 Å². The fraction of sp³-hybridized carbons (Fsp3) is 0.667. The highest BCUT2D eigenvalue weighted by atomic mass is 32.1. The number of aromatic nitrogens is 2. The Kier molecular flexibility index (Phi) is 3.27. The van der Waals surface area contributed by atoms with Crippen molar-refractivity contribution in [2.75, 3.05) is 6.61 Å². The van der Waals surface area contributed by atoms with E-state index in [0.29, 0.717) is 5.69 Å². The van der Waals surface area contributed by atoms with E-state index in [1.165, 1.54) is 11.5 Å². The summed E-state index contributed by atoms with van der Waals surface area (Å²) in [6, 6.07) is 0.0294. The molecule has 6 heteroatoms. The van der Waals surface area contributed by atoms with Crippen molar-refractivity contribution in [3.05, 3.63) is 11.1 Å². The van der Waals surface area contributed by atoms with Crippen LogP contribution in [0.1, 0.15) is 30.3 Å². The molecule has 0 radical (unpaired) electrons. The molecule has 1 aliphatic heterocycles. The lowest BCUT2D eigenvalue weighted by Gasteiger charge is -2.19. The number of carbonyl (C=O) groups is 1. The van der Waals surface area contributed by atoms with Crippen molar-refractivity contribution in [3.8, 4) is 0 Å². The predicted octanol–water partition coefficient (Wildman–Crippen LogP) is 0.835. The molecular weight excluding hydrogens is 214 g/mol. The molecule has 2 rings (SSSR count). The van der Waals surface area contributed by atoms with Gasteiger partial charge < -0.3 is 10.1 Å². The first kappa shape index (κ1) is 10.5. The molecule has 1 aromatic rings. The van der Waals surface area contributed by atoms with Gasteiger partial charge in [-0.2, -0.15) is 0 Å². The molecule has 1 amide bonds. The minimum atomic E-state index is -0.174. The van der Waals surface area contributed by atoms with Crippen LogP contribution in [0.15, 0.2) is 5.38 Å². The Balaban J connectivity index is 1.88. The molecule has 1 aliphatic rings. The van der Waals surface area contributed by atoms with Crippen molar-refractivity contribution >= 4 is 17.4 Å². The number of hydrogen-bond donors (Lipinski definition) is 1. The number of nitrogens with one attached hydrogen (secondary N) is 1. The molecule has 5 nitrogen and oxygen atoms in total. The second-order valence-electron chi connectivity index (χ2n) is 3.60. The Morgan fingerprint density at radius 1 is 1.80 bits per heavy atom. The van der Waals surface area contributed by atoms with Crippen LogP contribution < -0.4 is 5.32 Å². The third kappa shape index (κ3) is 2.51. The molecule has 1 fully saturated rings. The van der Waals surface area contributed by atoms with Crippen LogP contribution in [0.4, 0.5) is 0 Å². The summed E-state index contributed by atoms with van der Waals surface area (Å²) in [7, 11) is 0. The standard InChI is InChI=1S/C9H13N3O2S/c1-6(8-3-2-4-14-8)10-9(13)7-5-15-12-11-7/h5-6,8H,2-4H2,1H3,(H,10,13). The first-order chi connectivity index (χ1) is 7.27. The van der Waals surface area contributed by atoms with Gasteiger partial charge in [0.2, 0.25) is 0 Å². The minimum Gasteiger partial charge on any atom is -0.376 e. The molecule has 0 saturated carbocycles. The maximum Gasteiger partial charge on any atom is 0.273 e. The summed E-state index contributed by atoms with van der Waals surface area (Å²) in [4.78, 5) is 11.6. The lowest BCUT2D eigenvalue weighted by atomic mass is 10.1. The van der Waals surface area contributed by atoms with Crippen LogP contribution in [0.25, 0.3) is 0 Å². The quantitative estimate of drug-likeness (QED) is 0.831. The van der Waals surface area contributed by atoms with Gasteiger partial charge in [-0.15, -0.1) is 5.10 Å². The van der Waals surface area contributed by atoms with Gasteiger partial charge in [-0.25, -0.2) is 0 Å². The van der Waals surface area contributed by atoms with E-state index in [1.807, 2.05) is 6.92 Å². The molecule has 1 N–H and O–H groups in total. The van der Waals surface area contributed by atoms with E-state index in [2.05, 4.69) is 14.9 Å². The first-order valence-corrected chi connectivity index (χ1v) is 5.80. The van der Waals surface area contributed by atoms with Gasteiger partial charge >= 0.3 is 0 Å². The Labute approximate surface area is 92.0 Å². The van der Waals surface area contributed by atoms with E-state index in [0.717, 1.165) is 19.4 Å². The van der Waals surface area contributed by atoms with Crippen molar-refractivity contribution in [2.24, 2.45) is 0 Å². The van der Waals surface area contributed by atoms with Crippen LogP contribution in [0, 0.1) is 0 Å². The van der Waals surface area contributed by atoms with E-state index in [1.54, 1.807) is 5.38 Å². The molecule has 2 unspecified atom stereocenters. The lowest BCUT2D eigenvalue weighted by molar-refractivity contribution is 0.0709. The largest absolute Gasteiger partial charge is 0.376 e. The maximum absolute atomic E-state index is 11.6. The van der Waals surface area contributed by atoms with Crippen LogP contribution in [-0.2, 0) is 4.74 Å². The minimum absolute atomic E-state index is 0.0294. The van der Waals surface area contributed by atoms with Gasteiger partial charge in [-0.1, -0.05) is 4.49 Å². The predicted molar refractivity (Wildman–Crippen MR) is 55.8 cm³/mol. The molecule has 1 saturated heterocycles. The number of hydrogen-bond acceptors (Lipinski definition) is 5. The molecule has 0 aliphatic carbocycles. The second-order valence-corrected chi connectivity index (χ2v) is 4.21. The number of ether oxygens (including phenoxy) is 1. The van der Waals surface area contributed by atoms with Crippen LogP contribution in [0.5, 0.6) is 0 Å². The number of amides is 1. The summed E-state index contributed by atoms with van der Waals surface area (Å²) in [5.41, 5.74) is 0.379. The van der Waals surface area contributed by atoms with Crippen LogP contribution in [-0.4, -0.2) is 34.2 Å². The Bertz CT molecular complexity index is 322. The molecule has 82 valence electrons. The van der Waals surface area contributed by atoms with Crippen molar-refractivity contribution in [2.45, 2.75) is 31.9 Å². The monoisotopic (exact) mass is 227 g/mol. The average Bonchev–Trinajstić information content (AvgIpc) is 2.91. The van der Waals surface area contributed by atoms with Crippen LogP contribution in [0.3, 0.4) is 0 Å². The Hall–Kier alpha value is -1.01. The summed E-state index contributed by atoms with van der Waals surface area (Å²) in [5.74, 6) is -0.174. The van der Waals surface area contributed by atoms with Crippen molar-refractivity contribution in [1.29, 1.82) is 0 Å². The molecule has 1 aromatic heterocycles. The Morgan fingerprint density at radius 3 is 3.27 bits per heavy atom. The normalized spacial score (nSPS) is 22.6. The van der Waals surface area contributed by atoms with E-state index in [-0.39, 0.29) is 18.1 Å². The molecule has 0 spiro atoms. The molecule has 2 heterocycles. The topological polar surface area (TPSA) is 64.1 Å². The van der Waals surface area contributed by atoms with E-state index in [4.69, 9.17) is 4.74 Å². The van der Waals surface area contributed by atoms with Gasteiger partial charge in [0.05, 0.1) is 12.1 Å². The highest BCUT2D eigenvalue weighted by Gasteiger charge is 2.24. The van der Waals surface area contributed by atoms with Gasteiger partial charge in [0.15, 0.2) is 5.69 Å². The zero-order chi connectivity index (χ0) is 10.7. The second kappa shape index (κ2) is 4.67. The smallest absolute Gasteiger partial charge is 0.273 e. The first-order valence-electron chi connectivity index (χ1n) is 4.97. The fourth-order valence-electron chi connectivity index (χ4n) is 1.63. The summed E-state index contributed by atoms with van der Waals surface area (Å²) in [6.07, 6.45) is 2.22. The summed E-state index contributed by atoms with van der Waals surface area (Å²) >= 11 is 1.17. The highest BCUT2D eigenvalue weighted by molar-refractivity contribution is 7.03. The highest BCUT2D eigenvalue weighted by Crippen LogP contribution is 2.15. The molecule has 0 bridgehead atoms. The van der Waals surface area contributed by atoms with Gasteiger partial charge in [0, 0.05) is 12.0 Å². The zero-order valence-electron chi connectivity index (χ0n) is 8.47. The van der Waals surface area contributed by atoms with Crippen LogP contribution >= 0.6 is 11.5 Å². The zero-order valence-corrected chi connectivity index (χ0v) is 9.29. The van der Waals surface area contributed by atoms with Gasteiger partial charge in [0.25, 0.3) is 5.91 Å². The van der Waals surface area contributed by atoms with Crippen LogP contribution in [0.2, 0.25) is 0 Å². The van der Waals surface area contributed by atoms with E-state index < -0.39 is 0 Å². The third-order valence-electron chi connectivity index (χ3n) is 2.47. The van der Waals surface area contributed by atoms with Crippen molar-refractivity contribution in [3.63, 3.8) is 0 Å². The lowest BCUT2D eigenvalue weighted by Crippen LogP contribution is -2.40. The average molecular weight is 227 g/mol. The molecule has 15 heavy (non-hydrogen) atoms. The SMILES string of the molecule is CC(NC(=O)c1csnn1)C1CCCO1.